The minimum Gasteiger partial charge on any atom is -0.336 e. The number of nitrogens with zero attached hydrogens (tertiary/aromatic N) is 3. The number of hydrogen-bond donors (Lipinski definition) is 2. The first-order valence-electron chi connectivity index (χ1n) is 5.89. The van der Waals surface area contributed by atoms with Crippen molar-refractivity contribution in [3.8, 4) is 0 Å². The zero-order valence-electron chi connectivity index (χ0n) is 10.9. The van der Waals surface area contributed by atoms with Gasteiger partial charge in [0.05, 0.1) is 12.4 Å². The highest BCUT2D eigenvalue weighted by atomic mass is 19.1. The lowest BCUT2D eigenvalue weighted by Crippen LogP contribution is -2.27. The molecule has 104 valence electrons. The van der Waals surface area contributed by atoms with E-state index < -0.39 is 0 Å². The molecular formula is C13H14FN5O. The number of halogens is 1. The normalized spacial score (nSPS) is 10.2. The summed E-state index contributed by atoms with van der Waals surface area (Å²) in [5.41, 5.74) is 2.93. The number of benzene rings is 1. The van der Waals surface area contributed by atoms with Crippen molar-refractivity contribution in [2.24, 2.45) is 5.84 Å². The number of aromatic nitrogens is 2. The zero-order chi connectivity index (χ0) is 14.5. The van der Waals surface area contributed by atoms with Crippen LogP contribution in [-0.4, -0.2) is 27.8 Å². The van der Waals surface area contributed by atoms with Gasteiger partial charge in [-0.3, -0.25) is 4.79 Å². The molecule has 0 atom stereocenters. The van der Waals surface area contributed by atoms with Gasteiger partial charge < -0.3 is 10.3 Å². The van der Waals surface area contributed by atoms with E-state index in [0.717, 1.165) is 0 Å². The first-order valence-corrected chi connectivity index (χ1v) is 5.89. The van der Waals surface area contributed by atoms with E-state index in [1.165, 1.54) is 23.4 Å². The van der Waals surface area contributed by atoms with Crippen LogP contribution in [0.5, 0.6) is 0 Å². The lowest BCUT2D eigenvalue weighted by molar-refractivity contribution is 0.0777. The fourth-order valence-electron chi connectivity index (χ4n) is 1.66. The number of amides is 1. The maximum Gasteiger partial charge on any atom is 0.274 e. The van der Waals surface area contributed by atoms with Crippen LogP contribution < -0.4 is 11.3 Å². The molecule has 0 unspecified atom stereocenters. The Hall–Kier alpha value is -2.54. The molecule has 0 aliphatic rings. The number of carbonyl (C=O) groups is 1. The Bertz CT molecular complexity index is 602. The average Bonchev–Trinajstić information content (AvgIpc) is 2.49. The van der Waals surface area contributed by atoms with E-state index in [1.54, 1.807) is 25.2 Å². The highest BCUT2D eigenvalue weighted by Gasteiger charge is 2.15. The maximum atomic E-state index is 13.5. The molecule has 0 radical (unpaired) electrons. The Labute approximate surface area is 115 Å². The summed E-state index contributed by atoms with van der Waals surface area (Å²) in [6.45, 7) is 0.157. The molecule has 0 saturated carbocycles. The summed E-state index contributed by atoms with van der Waals surface area (Å²) in [6, 6.07) is 6.31. The van der Waals surface area contributed by atoms with Gasteiger partial charge in [0.15, 0.2) is 5.82 Å². The molecule has 6 nitrogen and oxygen atoms in total. The number of anilines is 1. The van der Waals surface area contributed by atoms with Crippen LogP contribution in [0.4, 0.5) is 10.2 Å². The molecule has 0 aliphatic heterocycles. The van der Waals surface area contributed by atoms with Gasteiger partial charge in [0.1, 0.15) is 11.5 Å². The first-order chi connectivity index (χ1) is 9.61. The van der Waals surface area contributed by atoms with E-state index >= 15 is 0 Å². The molecule has 1 aromatic carbocycles. The molecular weight excluding hydrogens is 261 g/mol. The largest absolute Gasteiger partial charge is 0.336 e. The van der Waals surface area contributed by atoms with E-state index in [0.29, 0.717) is 11.4 Å². The van der Waals surface area contributed by atoms with Crippen molar-refractivity contribution in [3.63, 3.8) is 0 Å². The molecule has 0 aliphatic carbocycles. The molecule has 20 heavy (non-hydrogen) atoms. The summed E-state index contributed by atoms with van der Waals surface area (Å²) < 4.78 is 13.5. The van der Waals surface area contributed by atoms with Gasteiger partial charge in [-0.15, -0.1) is 0 Å². The van der Waals surface area contributed by atoms with Crippen molar-refractivity contribution in [1.82, 2.24) is 14.9 Å². The summed E-state index contributed by atoms with van der Waals surface area (Å²) in [7, 11) is 1.57. The SMILES string of the molecule is CN(Cc1ccccc1F)C(=O)c1cnc(NN)cn1. The lowest BCUT2D eigenvalue weighted by atomic mass is 10.2. The predicted molar refractivity (Wildman–Crippen MR) is 72.0 cm³/mol. The zero-order valence-corrected chi connectivity index (χ0v) is 10.9. The monoisotopic (exact) mass is 275 g/mol. The number of hydrazine groups is 1. The summed E-state index contributed by atoms with van der Waals surface area (Å²) in [5, 5.41) is 0. The minimum atomic E-state index is -0.346. The second kappa shape index (κ2) is 6.07. The number of nitrogens with two attached hydrogens (primary N) is 1. The van der Waals surface area contributed by atoms with Crippen molar-refractivity contribution in [2.45, 2.75) is 6.54 Å². The van der Waals surface area contributed by atoms with E-state index in [9.17, 15) is 9.18 Å². The van der Waals surface area contributed by atoms with Crippen LogP contribution in [0.2, 0.25) is 0 Å². The maximum absolute atomic E-state index is 13.5. The van der Waals surface area contributed by atoms with Gasteiger partial charge in [-0.05, 0) is 6.07 Å². The Morgan fingerprint density at radius 3 is 2.70 bits per heavy atom. The molecule has 1 aromatic heterocycles. The average molecular weight is 275 g/mol. The molecule has 2 rings (SSSR count). The highest BCUT2D eigenvalue weighted by Crippen LogP contribution is 2.11. The van der Waals surface area contributed by atoms with Crippen molar-refractivity contribution >= 4 is 11.7 Å². The van der Waals surface area contributed by atoms with Gasteiger partial charge in [-0.25, -0.2) is 20.2 Å². The van der Waals surface area contributed by atoms with E-state index in [4.69, 9.17) is 5.84 Å². The molecule has 0 spiro atoms. The second-order valence-electron chi connectivity index (χ2n) is 4.18. The first kappa shape index (κ1) is 13.9. The fourth-order valence-corrected chi connectivity index (χ4v) is 1.66. The number of nitrogens with one attached hydrogen (secondary N) is 1. The third kappa shape index (κ3) is 3.07. The van der Waals surface area contributed by atoms with E-state index in [2.05, 4.69) is 15.4 Å². The van der Waals surface area contributed by atoms with E-state index in [1.807, 2.05) is 0 Å². The van der Waals surface area contributed by atoms with E-state index in [-0.39, 0.29) is 24.0 Å². The highest BCUT2D eigenvalue weighted by molar-refractivity contribution is 5.91. The Balaban J connectivity index is 2.10. The van der Waals surface area contributed by atoms with Gasteiger partial charge in [0, 0.05) is 19.2 Å². The molecule has 1 amide bonds. The summed E-state index contributed by atoms with van der Waals surface area (Å²) in [5.74, 6) is 4.84. The van der Waals surface area contributed by atoms with Crippen LogP contribution >= 0.6 is 0 Å². The van der Waals surface area contributed by atoms with Crippen LogP contribution in [0, 0.1) is 5.82 Å². The van der Waals surface area contributed by atoms with Crippen LogP contribution in [-0.2, 0) is 6.54 Å². The third-order valence-electron chi connectivity index (χ3n) is 2.73. The van der Waals surface area contributed by atoms with Crippen molar-refractivity contribution in [1.29, 1.82) is 0 Å². The van der Waals surface area contributed by atoms with Crippen LogP contribution in [0.15, 0.2) is 36.7 Å². The fraction of sp³-hybridized carbons (Fsp3) is 0.154. The van der Waals surface area contributed by atoms with Gasteiger partial charge >= 0.3 is 0 Å². The van der Waals surface area contributed by atoms with Gasteiger partial charge in [-0.2, -0.15) is 0 Å². The molecule has 7 heteroatoms. The topological polar surface area (TPSA) is 84.1 Å². The number of rotatable bonds is 4. The molecule has 2 aromatic rings. The predicted octanol–water partition coefficient (Wildman–Crippen LogP) is 1.17. The smallest absolute Gasteiger partial charge is 0.274 e. The number of carbonyl (C=O) groups excluding carboxylic acids is 1. The van der Waals surface area contributed by atoms with Gasteiger partial charge in [0.2, 0.25) is 0 Å². The van der Waals surface area contributed by atoms with Gasteiger partial charge in [0.25, 0.3) is 5.91 Å². The molecule has 3 N–H and O–H groups in total. The third-order valence-corrected chi connectivity index (χ3v) is 2.73. The Morgan fingerprint density at radius 1 is 1.35 bits per heavy atom. The molecule has 0 fully saturated rings. The molecule has 1 heterocycles. The van der Waals surface area contributed by atoms with Crippen LogP contribution in [0.1, 0.15) is 16.1 Å². The van der Waals surface area contributed by atoms with Crippen molar-refractivity contribution in [2.75, 3.05) is 12.5 Å². The minimum absolute atomic E-state index is 0.157. The summed E-state index contributed by atoms with van der Waals surface area (Å²) >= 11 is 0. The second-order valence-corrected chi connectivity index (χ2v) is 4.18. The van der Waals surface area contributed by atoms with Crippen LogP contribution in [0.25, 0.3) is 0 Å². The summed E-state index contributed by atoms with van der Waals surface area (Å²) in [6.07, 6.45) is 2.67. The summed E-state index contributed by atoms with van der Waals surface area (Å²) in [4.78, 5) is 21.3. The lowest BCUT2D eigenvalue weighted by Gasteiger charge is -2.17. The molecule has 0 bridgehead atoms. The standard InChI is InChI=1S/C13H14FN5O/c1-19(8-9-4-2-3-5-10(9)14)13(20)11-6-17-12(18-15)7-16-11/h2-7H,8,15H2,1H3,(H,17,18). The Morgan fingerprint density at radius 2 is 2.10 bits per heavy atom. The molecule has 0 saturated heterocycles. The number of hydrogen-bond acceptors (Lipinski definition) is 5. The number of nitrogen functional groups attached to an aromatic ring is 1. The van der Waals surface area contributed by atoms with Gasteiger partial charge in [-0.1, -0.05) is 18.2 Å². The van der Waals surface area contributed by atoms with Crippen molar-refractivity contribution in [3.05, 3.63) is 53.7 Å². The van der Waals surface area contributed by atoms with Crippen molar-refractivity contribution < 1.29 is 9.18 Å². The van der Waals surface area contributed by atoms with Crippen LogP contribution in [0.3, 0.4) is 0 Å². The quantitative estimate of drug-likeness (QED) is 0.646. The Kier molecular flexibility index (Phi) is 4.21.